The van der Waals surface area contributed by atoms with Crippen molar-refractivity contribution in [3.8, 4) is 0 Å². The van der Waals surface area contributed by atoms with E-state index in [1.807, 2.05) is 65.6 Å². The Bertz CT molecular complexity index is 533. The van der Waals surface area contributed by atoms with Crippen LogP contribution in [0.3, 0.4) is 0 Å². The SMILES string of the molecule is C=C(C)C(=O)N(Cc1ccccc1)Cc1ccccc1. The lowest BCUT2D eigenvalue weighted by Crippen LogP contribution is -2.30. The highest BCUT2D eigenvalue weighted by atomic mass is 16.2. The summed E-state index contributed by atoms with van der Waals surface area (Å²) in [6.45, 7) is 6.72. The van der Waals surface area contributed by atoms with E-state index in [0.29, 0.717) is 18.7 Å². The van der Waals surface area contributed by atoms with Crippen LogP contribution in [-0.2, 0) is 17.9 Å². The molecule has 102 valence electrons. The van der Waals surface area contributed by atoms with Gasteiger partial charge < -0.3 is 4.90 Å². The van der Waals surface area contributed by atoms with Gasteiger partial charge in [-0.2, -0.15) is 0 Å². The van der Waals surface area contributed by atoms with E-state index in [4.69, 9.17) is 0 Å². The van der Waals surface area contributed by atoms with Crippen LogP contribution in [0.4, 0.5) is 0 Å². The zero-order chi connectivity index (χ0) is 14.4. The van der Waals surface area contributed by atoms with Crippen LogP contribution in [0.5, 0.6) is 0 Å². The molecular weight excluding hydrogens is 246 g/mol. The zero-order valence-electron chi connectivity index (χ0n) is 11.8. The van der Waals surface area contributed by atoms with Crippen LogP contribution in [-0.4, -0.2) is 10.8 Å². The summed E-state index contributed by atoms with van der Waals surface area (Å²) in [4.78, 5) is 14.1. The first kappa shape index (κ1) is 14.1. The summed E-state index contributed by atoms with van der Waals surface area (Å²) in [5.74, 6) is -0.00212. The fourth-order valence-corrected chi connectivity index (χ4v) is 2.08. The van der Waals surface area contributed by atoms with Crippen molar-refractivity contribution in [2.24, 2.45) is 0 Å². The first-order valence-corrected chi connectivity index (χ1v) is 6.69. The second-order valence-corrected chi connectivity index (χ2v) is 4.91. The van der Waals surface area contributed by atoms with Crippen molar-refractivity contribution >= 4 is 5.91 Å². The maximum Gasteiger partial charge on any atom is 0.249 e. The second-order valence-electron chi connectivity index (χ2n) is 4.91. The summed E-state index contributed by atoms with van der Waals surface area (Å²) < 4.78 is 0. The largest absolute Gasteiger partial charge is 0.330 e. The Morgan fingerprint density at radius 1 is 0.900 bits per heavy atom. The topological polar surface area (TPSA) is 20.3 Å². The standard InChI is InChI=1S/C18H19NO/c1-15(2)18(20)19(13-16-9-5-3-6-10-16)14-17-11-7-4-8-12-17/h3-12H,1,13-14H2,2H3. The highest BCUT2D eigenvalue weighted by Gasteiger charge is 2.14. The maximum absolute atomic E-state index is 12.3. The molecule has 0 N–H and O–H groups in total. The average molecular weight is 265 g/mol. The van der Waals surface area contributed by atoms with E-state index in [1.54, 1.807) is 6.92 Å². The van der Waals surface area contributed by atoms with E-state index in [9.17, 15) is 4.79 Å². The third kappa shape index (κ3) is 3.82. The Morgan fingerprint density at radius 2 is 1.30 bits per heavy atom. The molecule has 0 fully saturated rings. The molecule has 2 aromatic rings. The van der Waals surface area contributed by atoms with E-state index in [1.165, 1.54) is 0 Å². The van der Waals surface area contributed by atoms with E-state index < -0.39 is 0 Å². The Balaban J connectivity index is 2.17. The molecule has 20 heavy (non-hydrogen) atoms. The number of hydrogen-bond acceptors (Lipinski definition) is 1. The number of benzene rings is 2. The summed E-state index contributed by atoms with van der Waals surface area (Å²) in [6, 6.07) is 20.0. The van der Waals surface area contributed by atoms with Gasteiger partial charge in [-0.1, -0.05) is 67.2 Å². The second kappa shape index (κ2) is 6.71. The molecule has 0 bridgehead atoms. The van der Waals surface area contributed by atoms with Gasteiger partial charge >= 0.3 is 0 Å². The van der Waals surface area contributed by atoms with Crippen LogP contribution in [0, 0.1) is 0 Å². The van der Waals surface area contributed by atoms with Gasteiger partial charge in [0.25, 0.3) is 0 Å². The van der Waals surface area contributed by atoms with Crippen molar-refractivity contribution in [3.63, 3.8) is 0 Å². The van der Waals surface area contributed by atoms with E-state index in [2.05, 4.69) is 6.58 Å². The monoisotopic (exact) mass is 265 g/mol. The van der Waals surface area contributed by atoms with Gasteiger partial charge in [-0.05, 0) is 18.1 Å². The van der Waals surface area contributed by atoms with Gasteiger partial charge in [0, 0.05) is 18.7 Å². The first-order chi connectivity index (χ1) is 9.66. The molecule has 0 radical (unpaired) electrons. The molecule has 0 atom stereocenters. The van der Waals surface area contributed by atoms with Crippen molar-refractivity contribution in [1.29, 1.82) is 0 Å². The number of carbonyl (C=O) groups excluding carboxylic acids is 1. The Hall–Kier alpha value is -2.35. The molecule has 2 nitrogen and oxygen atoms in total. The highest BCUT2D eigenvalue weighted by molar-refractivity contribution is 5.92. The van der Waals surface area contributed by atoms with Gasteiger partial charge in [-0.15, -0.1) is 0 Å². The smallest absolute Gasteiger partial charge is 0.249 e. The average Bonchev–Trinajstić information content (AvgIpc) is 2.48. The number of hydrogen-bond donors (Lipinski definition) is 0. The lowest BCUT2D eigenvalue weighted by molar-refractivity contribution is -0.128. The van der Waals surface area contributed by atoms with E-state index in [-0.39, 0.29) is 5.91 Å². The van der Waals surface area contributed by atoms with Crippen LogP contribution in [0.25, 0.3) is 0 Å². The minimum Gasteiger partial charge on any atom is -0.330 e. The van der Waals surface area contributed by atoms with Crippen LogP contribution in [0.15, 0.2) is 72.8 Å². The number of nitrogens with zero attached hydrogens (tertiary/aromatic N) is 1. The Labute approximate surface area is 120 Å². The van der Waals surface area contributed by atoms with Gasteiger partial charge in [-0.3, -0.25) is 4.79 Å². The van der Waals surface area contributed by atoms with Crippen LogP contribution >= 0.6 is 0 Å². The van der Waals surface area contributed by atoms with Gasteiger partial charge in [-0.25, -0.2) is 0 Å². The Kier molecular flexibility index (Phi) is 4.72. The normalized spacial score (nSPS) is 10.1. The lowest BCUT2D eigenvalue weighted by Gasteiger charge is -2.23. The molecule has 1 amide bonds. The molecule has 0 aliphatic rings. The molecular formula is C18H19NO. The van der Waals surface area contributed by atoms with Crippen LogP contribution in [0.2, 0.25) is 0 Å². The fraction of sp³-hybridized carbons (Fsp3) is 0.167. The molecule has 2 aromatic carbocycles. The lowest BCUT2D eigenvalue weighted by atomic mass is 10.1. The molecule has 0 saturated carbocycles. The predicted molar refractivity (Wildman–Crippen MR) is 82.0 cm³/mol. The zero-order valence-corrected chi connectivity index (χ0v) is 11.8. The van der Waals surface area contributed by atoms with Crippen LogP contribution < -0.4 is 0 Å². The summed E-state index contributed by atoms with van der Waals surface area (Å²) >= 11 is 0. The minimum atomic E-state index is -0.00212. The maximum atomic E-state index is 12.3. The summed E-state index contributed by atoms with van der Waals surface area (Å²) in [6.07, 6.45) is 0. The first-order valence-electron chi connectivity index (χ1n) is 6.69. The summed E-state index contributed by atoms with van der Waals surface area (Å²) in [5, 5.41) is 0. The van der Waals surface area contributed by atoms with E-state index in [0.717, 1.165) is 11.1 Å². The highest BCUT2D eigenvalue weighted by Crippen LogP contribution is 2.12. The van der Waals surface area contributed by atoms with Crippen molar-refractivity contribution in [3.05, 3.63) is 83.9 Å². The molecule has 0 unspecified atom stereocenters. The molecule has 2 rings (SSSR count). The third-order valence-corrected chi connectivity index (χ3v) is 3.08. The van der Waals surface area contributed by atoms with Gasteiger partial charge in [0.15, 0.2) is 0 Å². The van der Waals surface area contributed by atoms with Crippen molar-refractivity contribution in [2.75, 3.05) is 0 Å². The van der Waals surface area contributed by atoms with Crippen molar-refractivity contribution in [1.82, 2.24) is 4.90 Å². The van der Waals surface area contributed by atoms with Gasteiger partial charge in [0.1, 0.15) is 0 Å². The molecule has 0 saturated heterocycles. The van der Waals surface area contributed by atoms with Crippen molar-refractivity contribution in [2.45, 2.75) is 20.0 Å². The summed E-state index contributed by atoms with van der Waals surface area (Å²) in [7, 11) is 0. The molecule has 0 aromatic heterocycles. The van der Waals surface area contributed by atoms with Gasteiger partial charge in [0.05, 0.1) is 0 Å². The Morgan fingerprint density at radius 3 is 1.65 bits per heavy atom. The molecule has 2 heteroatoms. The van der Waals surface area contributed by atoms with Gasteiger partial charge in [0.2, 0.25) is 5.91 Å². The van der Waals surface area contributed by atoms with Crippen molar-refractivity contribution < 1.29 is 4.79 Å². The number of carbonyl (C=O) groups is 1. The molecule has 0 aliphatic heterocycles. The third-order valence-electron chi connectivity index (χ3n) is 3.08. The minimum absolute atomic E-state index is 0.00212. The quantitative estimate of drug-likeness (QED) is 0.753. The molecule has 0 spiro atoms. The van der Waals surface area contributed by atoms with Crippen LogP contribution in [0.1, 0.15) is 18.1 Å². The van der Waals surface area contributed by atoms with E-state index >= 15 is 0 Å². The molecule has 0 aliphatic carbocycles. The number of amides is 1. The fourth-order valence-electron chi connectivity index (χ4n) is 2.08. The molecule has 0 heterocycles. The number of rotatable bonds is 5. The predicted octanol–water partition coefficient (Wildman–Crippen LogP) is 3.79. The summed E-state index contributed by atoms with van der Waals surface area (Å²) in [5.41, 5.74) is 2.81.